The molecule has 3 heterocycles. The third-order valence-electron chi connectivity index (χ3n) is 5.35. The number of hydrogen-bond donors (Lipinski definition) is 2. The van der Waals surface area contributed by atoms with E-state index in [0.717, 1.165) is 36.6 Å². The van der Waals surface area contributed by atoms with Crippen molar-refractivity contribution in [2.24, 2.45) is 4.99 Å². The normalized spacial score (nSPS) is 23.5. The van der Waals surface area contributed by atoms with Crippen LogP contribution in [-0.2, 0) is 17.8 Å². The molecule has 2 aromatic rings. The Labute approximate surface area is 170 Å². The second-order valence-corrected chi connectivity index (χ2v) is 9.50. The van der Waals surface area contributed by atoms with Crippen LogP contribution in [-0.4, -0.2) is 40.8 Å². The van der Waals surface area contributed by atoms with Crippen molar-refractivity contribution in [2.45, 2.75) is 51.2 Å². The van der Waals surface area contributed by atoms with Crippen LogP contribution in [0.4, 0.5) is 5.69 Å². The van der Waals surface area contributed by atoms with Crippen molar-refractivity contribution in [1.82, 2.24) is 10.2 Å². The minimum atomic E-state index is -0.337. The molecule has 2 aliphatic rings. The predicted molar refractivity (Wildman–Crippen MR) is 116 cm³/mol. The first-order chi connectivity index (χ1) is 13.3. The van der Waals surface area contributed by atoms with E-state index in [0.29, 0.717) is 13.0 Å². The number of amidine groups is 1. The van der Waals surface area contributed by atoms with Gasteiger partial charge in [-0.05, 0) is 61.2 Å². The van der Waals surface area contributed by atoms with Crippen LogP contribution in [0.15, 0.2) is 46.1 Å². The zero-order chi connectivity index (χ0) is 19.8. The van der Waals surface area contributed by atoms with Crippen LogP contribution >= 0.6 is 11.3 Å². The molecule has 0 radical (unpaired) electrons. The number of rotatable bonds is 2. The number of nitrogens with zero attached hydrogens (tertiary/aromatic N) is 2. The van der Waals surface area contributed by atoms with Gasteiger partial charge in [0, 0.05) is 25.3 Å². The van der Waals surface area contributed by atoms with Crippen molar-refractivity contribution >= 4 is 28.8 Å². The summed E-state index contributed by atoms with van der Waals surface area (Å²) in [6.45, 7) is 8.49. The number of benzene rings is 1. The van der Waals surface area contributed by atoms with Crippen LogP contribution in [0.1, 0.15) is 38.3 Å². The number of anilines is 1. The van der Waals surface area contributed by atoms with E-state index < -0.39 is 0 Å². The number of nitrogens with one attached hydrogen (secondary N) is 2. The number of carbonyl (C=O) groups excluding carboxylic acids is 1. The van der Waals surface area contributed by atoms with Crippen molar-refractivity contribution < 1.29 is 4.79 Å². The molecule has 1 atom stereocenters. The molecule has 1 aromatic carbocycles. The van der Waals surface area contributed by atoms with Gasteiger partial charge in [-0.2, -0.15) is 11.3 Å². The first-order valence-corrected chi connectivity index (χ1v) is 10.8. The van der Waals surface area contributed by atoms with E-state index in [2.05, 4.69) is 55.0 Å². The summed E-state index contributed by atoms with van der Waals surface area (Å²) in [7, 11) is 0. The highest BCUT2D eigenvalue weighted by Gasteiger charge is 2.45. The summed E-state index contributed by atoms with van der Waals surface area (Å²) in [4.78, 5) is 19.9. The third kappa shape index (κ3) is 3.98. The van der Waals surface area contributed by atoms with Gasteiger partial charge in [0.1, 0.15) is 5.84 Å². The summed E-state index contributed by atoms with van der Waals surface area (Å²) in [5.74, 6) is 1.13. The van der Waals surface area contributed by atoms with Crippen LogP contribution < -0.4 is 10.6 Å². The Balaban J connectivity index is 1.61. The first kappa shape index (κ1) is 19.2. The molecule has 6 heteroatoms. The Morgan fingerprint density at radius 1 is 1.29 bits per heavy atom. The molecule has 1 unspecified atom stereocenters. The quantitative estimate of drug-likeness (QED) is 0.814. The van der Waals surface area contributed by atoms with Gasteiger partial charge < -0.3 is 10.2 Å². The summed E-state index contributed by atoms with van der Waals surface area (Å²) in [5, 5.41) is 11.4. The Kier molecular flexibility index (Phi) is 5.02. The summed E-state index contributed by atoms with van der Waals surface area (Å²) in [5.41, 5.74) is 2.88. The van der Waals surface area contributed by atoms with Gasteiger partial charge in [0.05, 0.1) is 17.5 Å². The molecule has 0 bridgehead atoms. The maximum atomic E-state index is 12.9. The highest BCUT2D eigenvalue weighted by atomic mass is 32.1. The maximum absolute atomic E-state index is 12.9. The highest BCUT2D eigenvalue weighted by molar-refractivity contribution is 7.08. The summed E-state index contributed by atoms with van der Waals surface area (Å²) < 4.78 is 0. The van der Waals surface area contributed by atoms with E-state index in [-0.39, 0.29) is 17.0 Å². The lowest BCUT2D eigenvalue weighted by Crippen LogP contribution is -2.56. The van der Waals surface area contributed by atoms with Crippen molar-refractivity contribution in [3.8, 4) is 0 Å². The zero-order valence-corrected chi connectivity index (χ0v) is 17.6. The van der Waals surface area contributed by atoms with Crippen molar-refractivity contribution in [1.29, 1.82) is 0 Å². The average Bonchev–Trinajstić information content (AvgIpc) is 3.27. The van der Waals surface area contributed by atoms with Crippen LogP contribution in [0.3, 0.4) is 0 Å². The van der Waals surface area contributed by atoms with Gasteiger partial charge in [-0.1, -0.05) is 18.2 Å². The molecular formula is C22H28N4OS. The molecule has 148 valence electrons. The summed E-state index contributed by atoms with van der Waals surface area (Å²) >= 11 is 1.64. The molecule has 0 saturated carbocycles. The molecule has 1 saturated heterocycles. The van der Waals surface area contributed by atoms with Gasteiger partial charge in [0.15, 0.2) is 0 Å². The van der Waals surface area contributed by atoms with Gasteiger partial charge in [-0.25, -0.2) is 0 Å². The van der Waals surface area contributed by atoms with Crippen molar-refractivity contribution in [2.75, 3.05) is 18.4 Å². The molecular weight excluding hydrogens is 368 g/mol. The Morgan fingerprint density at radius 3 is 2.86 bits per heavy atom. The van der Waals surface area contributed by atoms with Gasteiger partial charge in [-0.15, -0.1) is 0 Å². The van der Waals surface area contributed by atoms with E-state index >= 15 is 0 Å². The number of amides is 1. The number of fused-ring (bicyclic) bond motifs is 1. The van der Waals surface area contributed by atoms with Crippen molar-refractivity contribution in [3.05, 3.63) is 52.2 Å². The van der Waals surface area contributed by atoms with E-state index in [1.807, 2.05) is 22.4 Å². The fraction of sp³-hybridized carbons (Fsp3) is 0.455. The minimum absolute atomic E-state index is 0.189. The van der Waals surface area contributed by atoms with Crippen LogP contribution in [0.2, 0.25) is 0 Å². The smallest absolute Gasteiger partial charge is 0.227 e. The third-order valence-corrected chi connectivity index (χ3v) is 6.08. The van der Waals surface area contributed by atoms with Gasteiger partial charge >= 0.3 is 0 Å². The largest absolute Gasteiger partial charge is 0.342 e. The second-order valence-electron chi connectivity index (χ2n) is 8.72. The Hall–Kier alpha value is -2.18. The fourth-order valence-corrected chi connectivity index (χ4v) is 4.57. The number of hydrogen-bond acceptors (Lipinski definition) is 4. The van der Waals surface area contributed by atoms with Gasteiger partial charge in [0.2, 0.25) is 5.91 Å². The van der Waals surface area contributed by atoms with E-state index in [9.17, 15) is 4.79 Å². The number of carbonyl (C=O) groups is 1. The molecule has 1 spiro atoms. The number of aliphatic imine (C=N–C) groups is 1. The topological polar surface area (TPSA) is 56.7 Å². The number of likely N-dealkylation sites (tertiary alicyclic amines) is 1. The van der Waals surface area contributed by atoms with Crippen LogP contribution in [0, 0.1) is 0 Å². The van der Waals surface area contributed by atoms with Gasteiger partial charge in [-0.3, -0.25) is 15.1 Å². The Bertz CT molecular complexity index is 884. The molecule has 28 heavy (non-hydrogen) atoms. The van der Waals surface area contributed by atoms with Crippen molar-refractivity contribution in [3.63, 3.8) is 0 Å². The van der Waals surface area contributed by atoms with Gasteiger partial charge in [0.25, 0.3) is 0 Å². The fourth-order valence-electron chi connectivity index (χ4n) is 3.90. The summed E-state index contributed by atoms with van der Waals surface area (Å²) in [6.07, 6.45) is 1.33. The van der Waals surface area contributed by atoms with E-state index in [1.54, 1.807) is 11.3 Å². The SMILES string of the molecule is CC(C)(C)N=C1Nc2ccccc2CNC12CCN(C(=O)Cc1ccsc1)C2. The lowest BCUT2D eigenvalue weighted by molar-refractivity contribution is -0.129. The van der Waals surface area contributed by atoms with Crippen LogP contribution in [0.25, 0.3) is 0 Å². The number of para-hydroxylation sites is 1. The molecule has 1 fully saturated rings. The molecule has 1 aromatic heterocycles. The zero-order valence-electron chi connectivity index (χ0n) is 16.8. The lowest BCUT2D eigenvalue weighted by atomic mass is 9.95. The second kappa shape index (κ2) is 7.33. The molecule has 0 aliphatic carbocycles. The summed E-state index contributed by atoms with van der Waals surface area (Å²) in [6, 6.07) is 10.4. The maximum Gasteiger partial charge on any atom is 0.227 e. The molecule has 4 rings (SSSR count). The highest BCUT2D eigenvalue weighted by Crippen LogP contribution is 2.31. The lowest BCUT2D eigenvalue weighted by Gasteiger charge is -2.32. The van der Waals surface area contributed by atoms with E-state index in [4.69, 9.17) is 4.99 Å². The monoisotopic (exact) mass is 396 g/mol. The van der Waals surface area contributed by atoms with Crippen LogP contribution in [0.5, 0.6) is 0 Å². The van der Waals surface area contributed by atoms with E-state index in [1.165, 1.54) is 5.56 Å². The molecule has 1 amide bonds. The Morgan fingerprint density at radius 2 is 2.11 bits per heavy atom. The predicted octanol–water partition coefficient (Wildman–Crippen LogP) is 3.67. The first-order valence-electron chi connectivity index (χ1n) is 9.84. The number of thiophene rings is 1. The molecule has 2 aliphatic heterocycles. The standard InChI is InChI=1S/C22H28N4OS/c1-21(2,3)25-20-22(23-13-17-6-4-5-7-18(17)24-20)9-10-26(15-22)19(27)12-16-8-11-28-14-16/h4-8,11,14,23H,9-10,12-13,15H2,1-3H3,(H,24,25). The minimum Gasteiger partial charge on any atom is -0.342 e. The molecule has 5 nitrogen and oxygen atoms in total. The molecule has 2 N–H and O–H groups in total. The average molecular weight is 397 g/mol.